The van der Waals surface area contributed by atoms with Crippen LogP contribution in [0.1, 0.15) is 47.5 Å². The average molecular weight is 392 g/mol. The first kappa shape index (κ1) is 19.3. The molecule has 4 N–H and O–H groups in total. The molecule has 1 heterocycles. The molecule has 29 heavy (non-hydrogen) atoms. The number of ketones is 2. The van der Waals surface area contributed by atoms with E-state index in [4.69, 9.17) is 5.73 Å². The van der Waals surface area contributed by atoms with Crippen molar-refractivity contribution in [1.29, 1.82) is 0 Å². The van der Waals surface area contributed by atoms with Crippen molar-refractivity contribution in [3.05, 3.63) is 65.7 Å². The van der Waals surface area contributed by atoms with Crippen LogP contribution in [0.2, 0.25) is 0 Å². The van der Waals surface area contributed by atoms with Crippen molar-refractivity contribution < 1.29 is 19.5 Å². The lowest BCUT2D eigenvalue weighted by molar-refractivity contribution is -0.146. The van der Waals surface area contributed by atoms with Crippen molar-refractivity contribution in [2.24, 2.45) is 11.7 Å². The van der Waals surface area contributed by atoms with Gasteiger partial charge < -0.3 is 16.2 Å². The zero-order valence-corrected chi connectivity index (χ0v) is 16.0. The minimum atomic E-state index is -1.85. The summed E-state index contributed by atoms with van der Waals surface area (Å²) < 4.78 is 0. The van der Waals surface area contributed by atoms with Crippen LogP contribution >= 0.6 is 0 Å². The maximum Gasteiger partial charge on any atom is 0.324 e. The number of fused-ring (bicyclic) bond motifs is 2. The number of Topliss-reactive ketones (excluding diaryl/α,β-unsaturated/α-hetero) is 2. The molecule has 0 radical (unpaired) electrons. The van der Waals surface area contributed by atoms with Gasteiger partial charge in [-0.15, -0.1) is 0 Å². The Morgan fingerprint density at radius 1 is 1.03 bits per heavy atom. The van der Waals surface area contributed by atoms with E-state index in [0.717, 1.165) is 30.5 Å². The minimum absolute atomic E-state index is 0.00521. The van der Waals surface area contributed by atoms with E-state index in [2.05, 4.69) is 5.32 Å². The van der Waals surface area contributed by atoms with Crippen molar-refractivity contribution in [3.63, 3.8) is 0 Å². The summed E-state index contributed by atoms with van der Waals surface area (Å²) in [6, 6.07) is 15.8. The van der Waals surface area contributed by atoms with Crippen molar-refractivity contribution in [3.8, 4) is 0 Å². The molecule has 1 fully saturated rings. The zero-order valence-electron chi connectivity index (χ0n) is 16.0. The highest BCUT2D eigenvalue weighted by Crippen LogP contribution is 2.50. The molecule has 6 heteroatoms. The second-order valence-electron chi connectivity index (χ2n) is 8.05. The molecular weight excluding hydrogens is 368 g/mol. The molecule has 2 aromatic carbocycles. The molecule has 1 saturated carbocycles. The van der Waals surface area contributed by atoms with E-state index < -0.39 is 35.4 Å². The van der Waals surface area contributed by atoms with Gasteiger partial charge in [-0.25, -0.2) is 0 Å². The van der Waals surface area contributed by atoms with Gasteiger partial charge in [0.1, 0.15) is 5.54 Å². The Morgan fingerprint density at radius 3 is 2.45 bits per heavy atom. The number of para-hydroxylation sites is 1. The Morgan fingerprint density at radius 2 is 1.72 bits per heavy atom. The third-order valence-corrected chi connectivity index (χ3v) is 6.33. The number of carbonyl (C=O) groups excluding carboxylic acids is 2. The number of carboxylic acid groups (broad SMARTS) is 1. The minimum Gasteiger partial charge on any atom is -0.480 e. The first-order chi connectivity index (χ1) is 13.9. The molecule has 1 aliphatic heterocycles. The van der Waals surface area contributed by atoms with Gasteiger partial charge in [-0.2, -0.15) is 0 Å². The first-order valence-electron chi connectivity index (χ1n) is 9.92. The quantitative estimate of drug-likeness (QED) is 0.515. The fourth-order valence-corrected chi connectivity index (χ4v) is 4.97. The van der Waals surface area contributed by atoms with Crippen molar-refractivity contribution >= 4 is 23.2 Å². The predicted molar refractivity (Wildman–Crippen MR) is 109 cm³/mol. The Hall–Kier alpha value is -2.99. The van der Waals surface area contributed by atoms with Crippen LogP contribution < -0.4 is 11.1 Å². The summed E-state index contributed by atoms with van der Waals surface area (Å²) in [6.45, 7) is 0. The van der Waals surface area contributed by atoms with Crippen LogP contribution in [0.25, 0.3) is 0 Å². The van der Waals surface area contributed by atoms with E-state index >= 15 is 0 Å². The van der Waals surface area contributed by atoms with E-state index in [1.165, 1.54) is 0 Å². The van der Waals surface area contributed by atoms with E-state index in [1.807, 2.05) is 24.3 Å². The van der Waals surface area contributed by atoms with Gasteiger partial charge in [0.15, 0.2) is 0 Å². The van der Waals surface area contributed by atoms with Crippen LogP contribution in [-0.4, -0.2) is 34.2 Å². The molecule has 0 amide bonds. The van der Waals surface area contributed by atoms with E-state index in [9.17, 15) is 19.5 Å². The first-order valence-corrected chi connectivity index (χ1v) is 9.92. The fourth-order valence-electron chi connectivity index (χ4n) is 4.97. The normalized spacial score (nSPS) is 24.5. The number of benzene rings is 2. The summed E-state index contributed by atoms with van der Waals surface area (Å²) >= 11 is 0. The number of carbonyl (C=O) groups is 3. The Kier molecular flexibility index (Phi) is 4.96. The van der Waals surface area contributed by atoms with Gasteiger partial charge in [0.05, 0.1) is 0 Å². The SMILES string of the molecule is NC(CC(=O)C(=O)c1ccccc1)(C(=O)O)C1c2ccccc2NC2CCCC21. The van der Waals surface area contributed by atoms with Gasteiger partial charge in [0.2, 0.25) is 11.6 Å². The second kappa shape index (κ2) is 7.44. The Bertz CT molecular complexity index is 958. The maximum atomic E-state index is 12.8. The molecule has 1 aliphatic carbocycles. The summed E-state index contributed by atoms with van der Waals surface area (Å²) in [7, 11) is 0. The van der Waals surface area contributed by atoms with Gasteiger partial charge in [0.25, 0.3) is 0 Å². The van der Waals surface area contributed by atoms with Gasteiger partial charge in [-0.05, 0) is 30.4 Å². The van der Waals surface area contributed by atoms with Crippen molar-refractivity contribution in [2.75, 3.05) is 5.32 Å². The largest absolute Gasteiger partial charge is 0.480 e. The monoisotopic (exact) mass is 392 g/mol. The molecule has 4 unspecified atom stereocenters. The number of hydrogen-bond acceptors (Lipinski definition) is 5. The average Bonchev–Trinajstić information content (AvgIpc) is 3.19. The van der Waals surface area contributed by atoms with Crippen LogP contribution in [0.4, 0.5) is 5.69 Å². The Balaban J connectivity index is 1.71. The summed E-state index contributed by atoms with van der Waals surface area (Å²) in [4.78, 5) is 37.8. The standard InChI is InChI=1S/C23H24N2O4/c24-23(22(28)29,13-19(26)21(27)14-7-2-1-3-8-14)20-15-9-4-5-11-17(15)25-18-12-6-10-16(18)20/h1-5,7-9,11,16,18,20,25H,6,10,12-13,24H2,(H,28,29). The van der Waals surface area contributed by atoms with Crippen molar-refractivity contribution in [2.45, 2.75) is 43.2 Å². The fraction of sp³-hybridized carbons (Fsp3) is 0.348. The van der Waals surface area contributed by atoms with Gasteiger partial charge in [0, 0.05) is 29.6 Å². The summed E-state index contributed by atoms with van der Waals surface area (Å²) in [5.74, 6) is -3.26. The number of aliphatic carboxylic acids is 1. The Labute approximate surface area is 169 Å². The van der Waals surface area contributed by atoms with Gasteiger partial charge >= 0.3 is 5.97 Å². The number of hydrogen-bond donors (Lipinski definition) is 3. The number of anilines is 1. The number of rotatable bonds is 6. The summed E-state index contributed by atoms with van der Waals surface area (Å²) in [6.07, 6.45) is 2.21. The molecule has 0 saturated heterocycles. The van der Waals surface area contributed by atoms with Crippen molar-refractivity contribution in [1.82, 2.24) is 0 Å². The van der Waals surface area contributed by atoms with Gasteiger partial charge in [-0.3, -0.25) is 14.4 Å². The topological polar surface area (TPSA) is 109 Å². The molecule has 2 aromatic rings. The molecular formula is C23H24N2O4. The molecule has 0 spiro atoms. The zero-order chi connectivity index (χ0) is 20.6. The highest BCUT2D eigenvalue weighted by atomic mass is 16.4. The number of nitrogens with two attached hydrogens (primary N) is 1. The highest BCUT2D eigenvalue weighted by Gasteiger charge is 2.53. The van der Waals surface area contributed by atoms with Gasteiger partial charge in [-0.1, -0.05) is 55.0 Å². The van der Waals surface area contributed by atoms with Crippen LogP contribution in [0.15, 0.2) is 54.6 Å². The molecule has 150 valence electrons. The molecule has 0 bridgehead atoms. The van der Waals surface area contributed by atoms with E-state index in [-0.39, 0.29) is 17.5 Å². The van der Waals surface area contributed by atoms with Crippen LogP contribution in [0, 0.1) is 5.92 Å². The van der Waals surface area contributed by atoms with Crippen LogP contribution in [-0.2, 0) is 9.59 Å². The van der Waals surface area contributed by atoms with E-state index in [1.54, 1.807) is 30.3 Å². The lowest BCUT2D eigenvalue weighted by Crippen LogP contribution is -2.59. The lowest BCUT2D eigenvalue weighted by Gasteiger charge is -2.44. The third-order valence-electron chi connectivity index (χ3n) is 6.33. The van der Waals surface area contributed by atoms with Crippen LogP contribution in [0.5, 0.6) is 0 Å². The summed E-state index contributed by atoms with van der Waals surface area (Å²) in [5.41, 5.74) is 6.56. The maximum absolute atomic E-state index is 12.8. The smallest absolute Gasteiger partial charge is 0.324 e. The van der Waals surface area contributed by atoms with E-state index in [0.29, 0.717) is 0 Å². The number of nitrogens with one attached hydrogen (secondary N) is 1. The molecule has 4 rings (SSSR count). The third kappa shape index (κ3) is 3.34. The number of carboxylic acids is 1. The molecule has 4 atom stereocenters. The molecule has 6 nitrogen and oxygen atoms in total. The second-order valence-corrected chi connectivity index (χ2v) is 8.05. The molecule has 2 aliphatic rings. The summed E-state index contributed by atoms with van der Waals surface area (Å²) in [5, 5.41) is 13.6. The lowest BCUT2D eigenvalue weighted by atomic mass is 9.66. The molecule has 0 aromatic heterocycles. The predicted octanol–water partition coefficient (Wildman–Crippen LogP) is 2.99. The highest BCUT2D eigenvalue weighted by molar-refractivity contribution is 6.44. The van der Waals surface area contributed by atoms with Crippen LogP contribution in [0.3, 0.4) is 0 Å².